The second-order valence-corrected chi connectivity index (χ2v) is 7.43. The lowest BCUT2D eigenvalue weighted by Gasteiger charge is -2.23. The summed E-state index contributed by atoms with van der Waals surface area (Å²) in [5.74, 6) is 2.75. The highest BCUT2D eigenvalue weighted by Crippen LogP contribution is 2.34. The highest BCUT2D eigenvalue weighted by molar-refractivity contribution is 5.97. The van der Waals surface area contributed by atoms with E-state index in [0.29, 0.717) is 23.1 Å². The fourth-order valence-corrected chi connectivity index (χ4v) is 4.31. The Morgan fingerprint density at radius 1 is 0.964 bits per heavy atom. The minimum Gasteiger partial charge on any atom is -0.356 e. The van der Waals surface area contributed by atoms with E-state index in [0.717, 1.165) is 37.8 Å². The van der Waals surface area contributed by atoms with Gasteiger partial charge in [0.15, 0.2) is 0 Å². The maximum Gasteiger partial charge on any atom is 0.256 e. The molecule has 2 atom stereocenters. The van der Waals surface area contributed by atoms with Crippen LogP contribution in [0.25, 0.3) is 5.69 Å². The van der Waals surface area contributed by atoms with Crippen LogP contribution in [0, 0.1) is 18.8 Å². The average molecular weight is 375 g/mol. The summed E-state index contributed by atoms with van der Waals surface area (Å²) >= 11 is 0. The molecular weight excluding hydrogens is 354 g/mol. The average Bonchev–Trinajstić information content (AvgIpc) is 3.43. The molecule has 2 aliphatic heterocycles. The van der Waals surface area contributed by atoms with Gasteiger partial charge in [-0.25, -0.2) is 9.97 Å². The van der Waals surface area contributed by atoms with E-state index in [1.807, 2.05) is 48.4 Å². The van der Waals surface area contributed by atoms with Crippen molar-refractivity contribution in [2.75, 3.05) is 31.1 Å². The Kier molecular flexibility index (Phi) is 4.03. The van der Waals surface area contributed by atoms with Crippen molar-refractivity contribution in [1.82, 2.24) is 29.9 Å². The lowest BCUT2D eigenvalue weighted by atomic mass is 10.0. The third-order valence-corrected chi connectivity index (χ3v) is 5.63. The normalized spacial score (nSPS) is 21.2. The van der Waals surface area contributed by atoms with Gasteiger partial charge in [-0.05, 0) is 25.1 Å². The molecule has 3 aromatic rings. The van der Waals surface area contributed by atoms with Crippen molar-refractivity contribution in [3.05, 3.63) is 60.3 Å². The number of aromatic nitrogens is 5. The van der Waals surface area contributed by atoms with E-state index < -0.39 is 0 Å². The van der Waals surface area contributed by atoms with Crippen molar-refractivity contribution < 1.29 is 4.79 Å². The van der Waals surface area contributed by atoms with E-state index >= 15 is 0 Å². The van der Waals surface area contributed by atoms with E-state index in [9.17, 15) is 4.79 Å². The molecule has 0 bridgehead atoms. The highest BCUT2D eigenvalue weighted by atomic mass is 16.2. The van der Waals surface area contributed by atoms with Crippen molar-refractivity contribution in [1.29, 1.82) is 0 Å². The number of hydrogen-bond acceptors (Lipinski definition) is 6. The fourth-order valence-electron chi connectivity index (χ4n) is 4.31. The summed E-state index contributed by atoms with van der Waals surface area (Å²) in [6.45, 7) is 5.29. The molecule has 0 N–H and O–H groups in total. The number of amides is 1. The minimum absolute atomic E-state index is 0.0479. The first-order valence-corrected chi connectivity index (χ1v) is 9.48. The van der Waals surface area contributed by atoms with Gasteiger partial charge in [0.25, 0.3) is 5.91 Å². The molecule has 28 heavy (non-hydrogen) atoms. The van der Waals surface area contributed by atoms with Crippen LogP contribution in [0.4, 0.5) is 5.82 Å². The summed E-state index contributed by atoms with van der Waals surface area (Å²) < 4.78 is 0. The first-order chi connectivity index (χ1) is 13.7. The van der Waals surface area contributed by atoms with Gasteiger partial charge in [0.05, 0.1) is 23.6 Å². The Hall–Kier alpha value is -3.29. The van der Waals surface area contributed by atoms with Crippen LogP contribution < -0.4 is 4.90 Å². The summed E-state index contributed by atoms with van der Waals surface area (Å²) in [5.41, 5.74) is 1.36. The predicted octanol–water partition coefficient (Wildman–Crippen LogP) is 1.57. The highest BCUT2D eigenvalue weighted by Gasteiger charge is 2.42. The van der Waals surface area contributed by atoms with Crippen molar-refractivity contribution in [3.8, 4) is 5.69 Å². The van der Waals surface area contributed by atoms with Crippen LogP contribution in [-0.2, 0) is 0 Å². The van der Waals surface area contributed by atoms with Crippen LogP contribution in [0.1, 0.15) is 16.2 Å². The van der Waals surface area contributed by atoms with Crippen LogP contribution in [0.3, 0.4) is 0 Å². The minimum atomic E-state index is 0.0479. The van der Waals surface area contributed by atoms with Gasteiger partial charge >= 0.3 is 0 Å². The molecule has 0 radical (unpaired) electrons. The van der Waals surface area contributed by atoms with Gasteiger partial charge in [-0.2, -0.15) is 15.0 Å². The van der Waals surface area contributed by atoms with Crippen molar-refractivity contribution in [3.63, 3.8) is 0 Å². The Morgan fingerprint density at radius 3 is 2.39 bits per heavy atom. The number of rotatable bonds is 3. The summed E-state index contributed by atoms with van der Waals surface area (Å²) in [7, 11) is 0. The molecule has 2 unspecified atom stereocenters. The van der Waals surface area contributed by atoms with E-state index in [1.54, 1.807) is 12.4 Å². The van der Waals surface area contributed by atoms with Crippen molar-refractivity contribution in [2.45, 2.75) is 6.92 Å². The molecule has 142 valence electrons. The number of likely N-dealkylation sites (tertiary alicyclic amines) is 1. The van der Waals surface area contributed by atoms with Crippen LogP contribution in [0.5, 0.6) is 0 Å². The Balaban J connectivity index is 1.32. The van der Waals surface area contributed by atoms with Gasteiger partial charge in [-0.1, -0.05) is 12.1 Å². The summed E-state index contributed by atoms with van der Waals surface area (Å²) in [4.78, 5) is 27.7. The lowest BCUT2D eigenvalue weighted by Crippen LogP contribution is -2.34. The molecule has 8 nitrogen and oxygen atoms in total. The number of carbonyl (C=O) groups is 1. The number of fused-ring (bicyclic) bond motifs is 1. The number of carbonyl (C=O) groups excluding carboxylic acids is 1. The number of anilines is 1. The molecule has 0 aliphatic carbocycles. The van der Waals surface area contributed by atoms with Gasteiger partial charge in [0, 0.05) is 44.2 Å². The SMILES string of the molecule is Cc1nccc(N2CC3CN(C(=O)c4ccccc4-n4nccn4)CC3C2)n1. The molecule has 1 amide bonds. The zero-order valence-electron chi connectivity index (χ0n) is 15.6. The smallest absolute Gasteiger partial charge is 0.256 e. The monoisotopic (exact) mass is 375 g/mol. The summed E-state index contributed by atoms with van der Waals surface area (Å²) in [5, 5.41) is 8.36. The third kappa shape index (κ3) is 2.90. The van der Waals surface area contributed by atoms with Gasteiger partial charge in [0.2, 0.25) is 0 Å². The molecule has 0 saturated carbocycles. The molecule has 8 heteroatoms. The molecule has 5 rings (SSSR count). The lowest BCUT2D eigenvalue weighted by molar-refractivity contribution is 0.0782. The Labute approximate surface area is 162 Å². The first-order valence-electron chi connectivity index (χ1n) is 9.48. The van der Waals surface area contributed by atoms with Crippen LogP contribution in [0.15, 0.2) is 48.9 Å². The number of benzene rings is 1. The molecular formula is C20H21N7O. The van der Waals surface area contributed by atoms with E-state index in [4.69, 9.17) is 0 Å². The van der Waals surface area contributed by atoms with Gasteiger partial charge in [-0.3, -0.25) is 4.79 Å². The number of aryl methyl sites for hydroxylation is 1. The quantitative estimate of drug-likeness (QED) is 0.691. The molecule has 1 aromatic carbocycles. The standard InChI is InChI=1S/C20H21N7O/c1-14-21-7-6-19(24-14)25-10-15-12-26(13-16(15)11-25)20(28)17-4-2-3-5-18(17)27-22-8-9-23-27/h2-9,15-16H,10-13H2,1H3. The van der Waals surface area contributed by atoms with Gasteiger partial charge < -0.3 is 9.80 Å². The molecule has 0 spiro atoms. The van der Waals surface area contributed by atoms with E-state index in [1.165, 1.54) is 4.80 Å². The van der Waals surface area contributed by atoms with Crippen LogP contribution in [-0.4, -0.2) is 61.9 Å². The number of para-hydroxylation sites is 1. The predicted molar refractivity (Wildman–Crippen MR) is 103 cm³/mol. The Bertz CT molecular complexity index is 989. The van der Waals surface area contributed by atoms with Crippen molar-refractivity contribution in [2.24, 2.45) is 11.8 Å². The zero-order chi connectivity index (χ0) is 19.1. The second kappa shape index (κ2) is 6.70. The topological polar surface area (TPSA) is 80.0 Å². The summed E-state index contributed by atoms with van der Waals surface area (Å²) in [6, 6.07) is 9.48. The zero-order valence-corrected chi connectivity index (χ0v) is 15.6. The van der Waals surface area contributed by atoms with Crippen LogP contribution >= 0.6 is 0 Å². The summed E-state index contributed by atoms with van der Waals surface area (Å²) in [6.07, 6.45) is 5.04. The largest absolute Gasteiger partial charge is 0.356 e. The first kappa shape index (κ1) is 16.9. The number of nitrogens with zero attached hydrogens (tertiary/aromatic N) is 7. The van der Waals surface area contributed by atoms with E-state index in [2.05, 4.69) is 25.1 Å². The molecule has 4 heterocycles. The van der Waals surface area contributed by atoms with Crippen LogP contribution in [0.2, 0.25) is 0 Å². The fraction of sp³-hybridized carbons (Fsp3) is 0.350. The number of hydrogen-bond donors (Lipinski definition) is 0. The van der Waals surface area contributed by atoms with Crippen molar-refractivity contribution >= 4 is 11.7 Å². The second-order valence-electron chi connectivity index (χ2n) is 7.43. The maximum absolute atomic E-state index is 13.2. The van der Waals surface area contributed by atoms with Gasteiger partial charge in [-0.15, -0.1) is 0 Å². The van der Waals surface area contributed by atoms with Gasteiger partial charge in [0.1, 0.15) is 11.6 Å². The molecule has 2 aromatic heterocycles. The third-order valence-electron chi connectivity index (χ3n) is 5.63. The molecule has 2 saturated heterocycles. The molecule has 2 fully saturated rings. The molecule has 2 aliphatic rings. The Morgan fingerprint density at radius 2 is 1.68 bits per heavy atom. The maximum atomic E-state index is 13.2. The van der Waals surface area contributed by atoms with E-state index in [-0.39, 0.29) is 5.91 Å².